The summed E-state index contributed by atoms with van der Waals surface area (Å²) < 4.78 is 5.65. The number of carbonyl (C=O) groups is 1. The summed E-state index contributed by atoms with van der Waals surface area (Å²) in [6, 6.07) is 11.1. The van der Waals surface area contributed by atoms with E-state index >= 15 is 0 Å². The Morgan fingerprint density at radius 3 is 2.75 bits per heavy atom. The van der Waals surface area contributed by atoms with Crippen LogP contribution in [0.25, 0.3) is 0 Å². The van der Waals surface area contributed by atoms with E-state index in [9.17, 15) is 4.79 Å². The fraction of sp³-hybridized carbons (Fsp3) is 0.176. The molecule has 3 aromatic rings. The molecule has 4 nitrogen and oxygen atoms in total. The zero-order valence-electron chi connectivity index (χ0n) is 12.9. The third-order valence-corrected chi connectivity index (χ3v) is 5.20. The van der Waals surface area contributed by atoms with Crippen molar-refractivity contribution in [2.75, 3.05) is 7.05 Å². The molecule has 2 aromatic heterocycles. The SMILES string of the molecule is CN(Cc1cccs1)C(=O)c1csc(COc2ccc(Cl)cc2)n1. The maximum atomic E-state index is 12.4. The topological polar surface area (TPSA) is 42.4 Å². The highest BCUT2D eigenvalue weighted by Crippen LogP contribution is 2.19. The quantitative estimate of drug-likeness (QED) is 0.623. The smallest absolute Gasteiger partial charge is 0.273 e. The summed E-state index contributed by atoms with van der Waals surface area (Å²) in [6.45, 7) is 0.916. The molecule has 0 aliphatic carbocycles. The van der Waals surface area contributed by atoms with Gasteiger partial charge < -0.3 is 9.64 Å². The molecule has 0 saturated carbocycles. The van der Waals surface area contributed by atoms with Gasteiger partial charge in [-0.05, 0) is 35.7 Å². The predicted molar refractivity (Wildman–Crippen MR) is 98.0 cm³/mol. The number of nitrogens with zero attached hydrogens (tertiary/aromatic N) is 2. The van der Waals surface area contributed by atoms with E-state index in [0.717, 1.165) is 15.6 Å². The summed E-state index contributed by atoms with van der Waals surface area (Å²) in [6.07, 6.45) is 0. The van der Waals surface area contributed by atoms with Crippen molar-refractivity contribution in [1.82, 2.24) is 9.88 Å². The van der Waals surface area contributed by atoms with Crippen molar-refractivity contribution < 1.29 is 9.53 Å². The Morgan fingerprint density at radius 1 is 1.25 bits per heavy atom. The van der Waals surface area contributed by atoms with E-state index < -0.39 is 0 Å². The van der Waals surface area contributed by atoms with E-state index in [4.69, 9.17) is 16.3 Å². The number of thiophene rings is 1. The van der Waals surface area contributed by atoms with Crippen LogP contribution in [0.2, 0.25) is 5.02 Å². The number of amides is 1. The summed E-state index contributed by atoms with van der Waals surface area (Å²) in [5, 5.41) is 5.20. The zero-order chi connectivity index (χ0) is 16.9. The summed E-state index contributed by atoms with van der Waals surface area (Å²) in [5.74, 6) is 0.634. The molecule has 1 amide bonds. The van der Waals surface area contributed by atoms with Gasteiger partial charge in [0.05, 0.1) is 6.54 Å². The number of halogens is 1. The Balaban J connectivity index is 1.58. The minimum Gasteiger partial charge on any atom is -0.486 e. The molecule has 124 valence electrons. The number of hydrogen-bond donors (Lipinski definition) is 0. The highest BCUT2D eigenvalue weighted by Gasteiger charge is 2.16. The predicted octanol–water partition coefficient (Wildman–Crippen LogP) is 4.71. The van der Waals surface area contributed by atoms with Crippen molar-refractivity contribution in [3.8, 4) is 5.75 Å². The molecular weight excluding hydrogens is 364 g/mol. The number of ether oxygens (including phenoxy) is 1. The summed E-state index contributed by atoms with van der Waals surface area (Å²) in [7, 11) is 1.78. The molecule has 0 bridgehead atoms. The van der Waals surface area contributed by atoms with Crippen molar-refractivity contribution >= 4 is 40.2 Å². The van der Waals surface area contributed by atoms with Crippen LogP contribution in [0.1, 0.15) is 20.4 Å². The van der Waals surface area contributed by atoms with Crippen LogP contribution in [0.3, 0.4) is 0 Å². The van der Waals surface area contributed by atoms with Gasteiger partial charge in [-0.15, -0.1) is 22.7 Å². The number of hydrogen-bond acceptors (Lipinski definition) is 5. The minimum absolute atomic E-state index is 0.0857. The second-order valence-electron chi connectivity index (χ2n) is 5.11. The molecule has 0 unspecified atom stereocenters. The molecule has 0 fully saturated rings. The van der Waals surface area contributed by atoms with Gasteiger partial charge >= 0.3 is 0 Å². The van der Waals surface area contributed by atoms with Crippen molar-refractivity contribution in [2.24, 2.45) is 0 Å². The Hall–Kier alpha value is -1.89. The molecule has 7 heteroatoms. The fourth-order valence-corrected chi connectivity index (χ4v) is 3.62. The van der Waals surface area contributed by atoms with Gasteiger partial charge in [-0.3, -0.25) is 4.79 Å². The lowest BCUT2D eigenvalue weighted by Gasteiger charge is -2.14. The van der Waals surface area contributed by atoms with Gasteiger partial charge in [0.15, 0.2) is 0 Å². The Kier molecular flexibility index (Phi) is 5.50. The third-order valence-electron chi connectivity index (χ3n) is 3.27. The van der Waals surface area contributed by atoms with E-state index in [0.29, 0.717) is 23.9 Å². The van der Waals surface area contributed by atoms with Crippen LogP contribution in [0, 0.1) is 0 Å². The van der Waals surface area contributed by atoms with E-state index in [1.165, 1.54) is 11.3 Å². The summed E-state index contributed by atoms with van der Waals surface area (Å²) in [4.78, 5) is 19.6. The first-order chi connectivity index (χ1) is 11.6. The molecule has 0 spiro atoms. The van der Waals surface area contributed by atoms with Crippen LogP contribution < -0.4 is 4.74 Å². The molecule has 0 aliphatic rings. The van der Waals surface area contributed by atoms with Gasteiger partial charge in [-0.2, -0.15) is 0 Å². The third kappa shape index (κ3) is 4.35. The Morgan fingerprint density at radius 2 is 2.04 bits per heavy atom. The molecule has 0 atom stereocenters. The minimum atomic E-state index is -0.0857. The molecule has 0 N–H and O–H groups in total. The van der Waals surface area contributed by atoms with E-state index in [2.05, 4.69) is 4.98 Å². The van der Waals surface area contributed by atoms with Gasteiger partial charge in [0.2, 0.25) is 0 Å². The molecule has 0 saturated heterocycles. The van der Waals surface area contributed by atoms with E-state index in [-0.39, 0.29) is 5.91 Å². The van der Waals surface area contributed by atoms with Crippen LogP contribution in [0.4, 0.5) is 0 Å². The first-order valence-electron chi connectivity index (χ1n) is 7.22. The van der Waals surface area contributed by atoms with Crippen molar-refractivity contribution in [1.29, 1.82) is 0 Å². The van der Waals surface area contributed by atoms with Gasteiger partial charge in [-0.1, -0.05) is 17.7 Å². The maximum absolute atomic E-state index is 12.4. The number of aromatic nitrogens is 1. The highest BCUT2D eigenvalue weighted by atomic mass is 35.5. The Bertz CT molecular complexity index is 800. The zero-order valence-corrected chi connectivity index (χ0v) is 15.3. The molecule has 1 aromatic carbocycles. The van der Waals surface area contributed by atoms with Crippen LogP contribution in [0.5, 0.6) is 5.75 Å². The normalized spacial score (nSPS) is 10.6. The van der Waals surface area contributed by atoms with E-state index in [1.54, 1.807) is 52.9 Å². The summed E-state index contributed by atoms with van der Waals surface area (Å²) in [5.41, 5.74) is 0.453. The lowest BCUT2D eigenvalue weighted by atomic mass is 10.3. The van der Waals surface area contributed by atoms with Crippen LogP contribution in [-0.2, 0) is 13.2 Å². The lowest BCUT2D eigenvalue weighted by molar-refractivity contribution is 0.0781. The van der Waals surface area contributed by atoms with Crippen molar-refractivity contribution in [2.45, 2.75) is 13.2 Å². The number of benzene rings is 1. The average Bonchev–Trinajstić information content (AvgIpc) is 3.25. The van der Waals surface area contributed by atoms with E-state index in [1.807, 2.05) is 17.5 Å². The van der Waals surface area contributed by atoms with Gasteiger partial charge in [0, 0.05) is 22.3 Å². The first kappa shape index (κ1) is 17.0. The molecule has 2 heterocycles. The molecular formula is C17H15ClN2O2S2. The highest BCUT2D eigenvalue weighted by molar-refractivity contribution is 7.10. The molecule has 0 radical (unpaired) electrons. The van der Waals surface area contributed by atoms with Crippen molar-refractivity contribution in [3.05, 3.63) is 67.8 Å². The van der Waals surface area contributed by atoms with Crippen LogP contribution in [0.15, 0.2) is 47.2 Å². The fourth-order valence-electron chi connectivity index (χ4n) is 2.05. The van der Waals surface area contributed by atoms with Crippen LogP contribution >= 0.6 is 34.3 Å². The number of thiazole rings is 1. The van der Waals surface area contributed by atoms with Gasteiger partial charge in [0.1, 0.15) is 23.1 Å². The second kappa shape index (κ2) is 7.79. The van der Waals surface area contributed by atoms with Crippen LogP contribution in [-0.4, -0.2) is 22.8 Å². The van der Waals surface area contributed by atoms with Crippen molar-refractivity contribution in [3.63, 3.8) is 0 Å². The largest absolute Gasteiger partial charge is 0.486 e. The first-order valence-corrected chi connectivity index (χ1v) is 9.36. The average molecular weight is 379 g/mol. The number of rotatable bonds is 6. The Labute approximate surface area is 153 Å². The molecule has 3 rings (SSSR count). The van der Waals surface area contributed by atoms with Gasteiger partial charge in [0.25, 0.3) is 5.91 Å². The second-order valence-corrected chi connectivity index (χ2v) is 7.52. The molecule has 0 aliphatic heterocycles. The summed E-state index contributed by atoms with van der Waals surface area (Å²) >= 11 is 8.89. The number of carbonyl (C=O) groups excluding carboxylic acids is 1. The lowest BCUT2D eigenvalue weighted by Crippen LogP contribution is -2.26. The standard InChI is InChI=1S/C17H15ClN2O2S2/c1-20(9-14-3-2-8-23-14)17(21)15-11-24-16(19-15)10-22-13-6-4-12(18)5-7-13/h2-8,11H,9-10H2,1H3. The maximum Gasteiger partial charge on any atom is 0.273 e. The monoisotopic (exact) mass is 378 g/mol. The van der Waals surface area contributed by atoms with Gasteiger partial charge in [-0.25, -0.2) is 4.98 Å². The molecule has 24 heavy (non-hydrogen) atoms.